The fourth-order valence-electron chi connectivity index (χ4n) is 2.70. The third-order valence-electron chi connectivity index (χ3n) is 4.04. The van der Waals surface area contributed by atoms with E-state index < -0.39 is 0 Å². The van der Waals surface area contributed by atoms with Crippen LogP contribution in [0.15, 0.2) is 6.07 Å². The number of hydrogen-bond acceptors (Lipinski definition) is 7. The molecule has 1 fully saturated rings. The first-order valence-electron chi connectivity index (χ1n) is 7.79. The fraction of sp³-hybridized carbons (Fsp3) is 0.467. The maximum absolute atomic E-state index is 8.41. The maximum Gasteiger partial charge on any atom is 0.234 e. The molecule has 0 unspecified atom stereocenters. The number of fused-ring (bicyclic) bond motifs is 1. The van der Waals surface area contributed by atoms with Crippen molar-refractivity contribution in [1.82, 2.24) is 19.4 Å². The summed E-state index contributed by atoms with van der Waals surface area (Å²) in [6.07, 6.45) is 1.09. The summed E-state index contributed by atoms with van der Waals surface area (Å²) < 4.78 is 6.87. The Morgan fingerprint density at radius 1 is 1.29 bits per heavy atom. The van der Waals surface area contributed by atoms with Gasteiger partial charge >= 0.3 is 0 Å². The van der Waals surface area contributed by atoms with E-state index >= 15 is 0 Å². The Balaban J connectivity index is 2.16. The van der Waals surface area contributed by atoms with Crippen LogP contribution >= 0.6 is 11.6 Å². The summed E-state index contributed by atoms with van der Waals surface area (Å²) in [6, 6.07) is 1.64. The summed E-state index contributed by atoms with van der Waals surface area (Å²) in [6.45, 7) is 5.68. The highest BCUT2D eigenvalue weighted by Gasteiger charge is 2.20. The van der Waals surface area contributed by atoms with Crippen molar-refractivity contribution in [3.63, 3.8) is 0 Å². The molecule has 0 bridgehead atoms. The highest BCUT2D eigenvalue weighted by molar-refractivity contribution is 6.32. The number of nitrogens with zero attached hydrogens (tertiary/aromatic N) is 5. The molecular weight excluding hydrogens is 330 g/mol. The van der Waals surface area contributed by atoms with Crippen molar-refractivity contribution in [2.45, 2.75) is 6.92 Å². The van der Waals surface area contributed by atoms with Crippen molar-refractivity contribution in [3.8, 4) is 5.88 Å². The molecule has 0 aromatic carbocycles. The number of pyridine rings is 1. The topological polar surface area (TPSA) is 94.1 Å². The van der Waals surface area contributed by atoms with Gasteiger partial charge in [-0.1, -0.05) is 11.6 Å². The van der Waals surface area contributed by atoms with Crippen LogP contribution in [0.3, 0.4) is 0 Å². The molecule has 24 heavy (non-hydrogen) atoms. The van der Waals surface area contributed by atoms with Crippen molar-refractivity contribution in [2.24, 2.45) is 0 Å². The molecule has 0 atom stereocenters. The van der Waals surface area contributed by atoms with Gasteiger partial charge in [-0.15, -0.1) is 0 Å². The van der Waals surface area contributed by atoms with E-state index in [-0.39, 0.29) is 5.49 Å². The first-order chi connectivity index (χ1) is 11.5. The number of hydrogen-bond donors (Lipinski definition) is 2. The lowest BCUT2D eigenvalue weighted by Crippen LogP contribution is -2.47. The molecule has 9 heteroatoms. The number of halogens is 1. The Labute approximate surface area is 144 Å². The third kappa shape index (κ3) is 2.94. The van der Waals surface area contributed by atoms with Crippen LogP contribution in [0, 0.1) is 10.8 Å². The molecule has 2 aromatic heterocycles. The minimum atomic E-state index is 0.157. The van der Waals surface area contributed by atoms with Crippen LogP contribution < -0.4 is 15.1 Å². The van der Waals surface area contributed by atoms with E-state index in [4.69, 9.17) is 27.2 Å². The number of ether oxygens (including phenoxy) is 1. The minimum Gasteiger partial charge on any atom is -0.477 e. The van der Waals surface area contributed by atoms with Crippen LogP contribution in [0.25, 0.3) is 11.2 Å². The molecule has 0 saturated carbocycles. The number of rotatable bonds is 4. The van der Waals surface area contributed by atoms with E-state index in [2.05, 4.69) is 26.8 Å². The van der Waals surface area contributed by atoms with E-state index in [1.807, 2.05) is 6.92 Å². The average molecular weight is 350 g/mol. The lowest BCUT2D eigenvalue weighted by molar-refractivity contribution is 0.311. The largest absolute Gasteiger partial charge is 0.477 e. The SMILES string of the molecule is CCOc1nc2nc(N3CCN(C)CC3)c(=N)n(C=N)c2cc1Cl. The summed E-state index contributed by atoms with van der Waals surface area (Å²) in [5.74, 6) is 0.842. The second-order valence-electron chi connectivity index (χ2n) is 5.62. The van der Waals surface area contributed by atoms with Gasteiger partial charge in [0, 0.05) is 26.2 Å². The average Bonchev–Trinajstić information content (AvgIpc) is 2.57. The van der Waals surface area contributed by atoms with E-state index in [1.165, 1.54) is 4.57 Å². The Hall–Kier alpha value is -2.19. The van der Waals surface area contributed by atoms with Crippen LogP contribution in [0.4, 0.5) is 5.82 Å². The highest BCUT2D eigenvalue weighted by atomic mass is 35.5. The number of nitrogens with one attached hydrogen (secondary N) is 2. The molecule has 0 radical (unpaired) electrons. The molecule has 0 spiro atoms. The molecule has 2 aromatic rings. The Kier molecular flexibility index (Phi) is 4.68. The van der Waals surface area contributed by atoms with E-state index in [9.17, 15) is 0 Å². The Morgan fingerprint density at radius 3 is 2.62 bits per heavy atom. The van der Waals surface area contributed by atoms with Gasteiger partial charge in [0.15, 0.2) is 17.0 Å². The van der Waals surface area contributed by atoms with Crippen molar-refractivity contribution < 1.29 is 4.74 Å². The predicted molar refractivity (Wildman–Crippen MR) is 93.5 cm³/mol. The van der Waals surface area contributed by atoms with Crippen LogP contribution in [0.1, 0.15) is 6.92 Å². The van der Waals surface area contributed by atoms with Crippen molar-refractivity contribution in [2.75, 3.05) is 44.7 Å². The Bertz CT molecular complexity index is 827. The van der Waals surface area contributed by atoms with Crippen LogP contribution in [0.2, 0.25) is 5.02 Å². The zero-order valence-corrected chi connectivity index (χ0v) is 14.5. The molecule has 1 aliphatic heterocycles. The standard InChI is InChI=1S/C15H20ClN7O/c1-3-24-15-10(16)8-11-13(20-15)19-14(12(18)23(11)9-17)22-6-4-21(2)5-7-22/h8-9,17-18H,3-7H2,1-2H3. The fourth-order valence-corrected chi connectivity index (χ4v) is 2.91. The zero-order valence-electron chi connectivity index (χ0n) is 13.7. The first-order valence-corrected chi connectivity index (χ1v) is 8.17. The van der Waals surface area contributed by atoms with Gasteiger partial charge in [0.2, 0.25) is 5.88 Å². The summed E-state index contributed by atoms with van der Waals surface area (Å²) in [5, 5.41) is 16.4. The van der Waals surface area contributed by atoms with Gasteiger partial charge < -0.3 is 14.5 Å². The van der Waals surface area contributed by atoms with Gasteiger partial charge in [0.25, 0.3) is 0 Å². The van der Waals surface area contributed by atoms with Crippen molar-refractivity contribution in [3.05, 3.63) is 16.6 Å². The smallest absolute Gasteiger partial charge is 0.234 e. The zero-order chi connectivity index (χ0) is 17.3. The molecular formula is C15H20ClN7O. The normalized spacial score (nSPS) is 15.7. The molecule has 128 valence electrons. The molecule has 8 nitrogen and oxygen atoms in total. The molecule has 0 amide bonds. The molecule has 1 saturated heterocycles. The Morgan fingerprint density at radius 2 is 2.00 bits per heavy atom. The number of likely N-dealkylation sites (N-methyl/N-ethyl adjacent to an activating group) is 1. The van der Waals surface area contributed by atoms with Crippen LogP contribution in [-0.2, 0) is 0 Å². The van der Waals surface area contributed by atoms with E-state index in [1.54, 1.807) is 6.07 Å². The summed E-state index contributed by atoms with van der Waals surface area (Å²) >= 11 is 6.19. The number of aromatic nitrogens is 3. The van der Waals surface area contributed by atoms with Gasteiger partial charge in [-0.05, 0) is 20.0 Å². The predicted octanol–water partition coefficient (Wildman–Crippen LogP) is 1.17. The minimum absolute atomic E-state index is 0.157. The van der Waals surface area contributed by atoms with Crippen LogP contribution in [0.5, 0.6) is 5.88 Å². The highest BCUT2D eigenvalue weighted by Crippen LogP contribution is 2.26. The maximum atomic E-state index is 8.41. The van der Waals surface area contributed by atoms with Crippen molar-refractivity contribution in [1.29, 1.82) is 10.8 Å². The van der Waals surface area contributed by atoms with Gasteiger partial charge in [-0.25, -0.2) is 4.98 Å². The first kappa shape index (κ1) is 16.7. The lowest BCUT2D eigenvalue weighted by atomic mass is 10.3. The number of piperazine rings is 1. The van der Waals surface area contributed by atoms with Gasteiger partial charge in [-0.2, -0.15) is 4.98 Å². The molecule has 1 aliphatic rings. The molecule has 3 rings (SSSR count). The van der Waals surface area contributed by atoms with E-state index in [0.29, 0.717) is 34.5 Å². The summed E-state index contributed by atoms with van der Waals surface area (Å²) in [4.78, 5) is 13.2. The monoisotopic (exact) mass is 349 g/mol. The third-order valence-corrected chi connectivity index (χ3v) is 4.31. The molecule has 0 aliphatic carbocycles. The second-order valence-corrected chi connectivity index (χ2v) is 6.03. The van der Waals surface area contributed by atoms with Gasteiger partial charge in [0.1, 0.15) is 5.02 Å². The van der Waals surface area contributed by atoms with E-state index in [0.717, 1.165) is 32.5 Å². The summed E-state index contributed by atoms with van der Waals surface area (Å²) in [5.41, 5.74) is 1.08. The van der Waals surface area contributed by atoms with Crippen molar-refractivity contribution >= 4 is 34.9 Å². The lowest BCUT2D eigenvalue weighted by Gasteiger charge is -2.33. The van der Waals surface area contributed by atoms with Gasteiger partial charge in [0.05, 0.1) is 18.5 Å². The molecule has 3 heterocycles. The number of anilines is 1. The molecule has 2 N–H and O–H groups in total. The van der Waals surface area contributed by atoms with Crippen LogP contribution in [-0.4, -0.2) is 65.6 Å². The second kappa shape index (κ2) is 6.74. The quantitative estimate of drug-likeness (QED) is 0.638. The van der Waals surface area contributed by atoms with Gasteiger partial charge in [-0.3, -0.25) is 15.4 Å². The summed E-state index contributed by atoms with van der Waals surface area (Å²) in [7, 11) is 2.07.